The van der Waals surface area contributed by atoms with Crippen molar-refractivity contribution < 1.29 is 14.3 Å². The first-order chi connectivity index (χ1) is 19.9. The zero-order valence-electron chi connectivity index (χ0n) is 22.8. The van der Waals surface area contributed by atoms with E-state index in [1.165, 1.54) is 0 Å². The molecule has 41 heavy (non-hydrogen) atoms. The highest BCUT2D eigenvalue weighted by Gasteiger charge is 2.25. The van der Waals surface area contributed by atoms with E-state index in [-0.39, 0.29) is 17.9 Å². The van der Waals surface area contributed by atoms with Gasteiger partial charge in [-0.2, -0.15) is 0 Å². The molecule has 7 heteroatoms. The number of piperidine rings is 1. The molecule has 0 spiro atoms. The van der Waals surface area contributed by atoms with Crippen molar-refractivity contribution in [2.45, 2.75) is 31.8 Å². The first-order valence-corrected chi connectivity index (χ1v) is 15.0. The maximum absolute atomic E-state index is 12.8. The molecule has 2 N–H and O–H groups in total. The normalized spacial score (nSPS) is 14.3. The standard InChI is InChI=1S/C34H33IN3O3/c35-29-6-4-5-28(22-29)34(40)38-19-17-24(18-20-38)21-32(36)26-11-13-27(14-12-26)33(39)37-23-25-9-15-31(16-10-25)41-30-7-2-1-3-8-30/h1-16,22,24,32,36H,17-21,23H2,(H,37,39). The Morgan fingerprint density at radius 1 is 0.854 bits per heavy atom. The molecule has 1 heterocycles. The second-order valence-electron chi connectivity index (χ2n) is 10.4. The third kappa shape index (κ3) is 7.95. The lowest BCUT2D eigenvalue weighted by molar-refractivity contribution is 0.0683. The smallest absolute Gasteiger partial charge is 0.253 e. The topological polar surface area (TPSA) is 82.4 Å². The SMILES string of the molecule is [NH]C(CC1CCN(C(=O)c2cccc(I)c2)CC1)c1ccc(C(=O)NCc2ccc(Oc3ccccc3)cc2)cc1. The van der Waals surface area contributed by atoms with Gasteiger partial charge >= 0.3 is 0 Å². The van der Waals surface area contributed by atoms with Crippen molar-refractivity contribution >= 4 is 34.4 Å². The van der Waals surface area contributed by atoms with Crippen LogP contribution in [0.25, 0.3) is 0 Å². The Bertz CT molecular complexity index is 1450. The average molecular weight is 659 g/mol. The van der Waals surface area contributed by atoms with Crippen LogP contribution in [0.5, 0.6) is 11.5 Å². The van der Waals surface area contributed by atoms with Crippen LogP contribution < -0.4 is 15.8 Å². The molecule has 1 fully saturated rings. The van der Waals surface area contributed by atoms with Crippen molar-refractivity contribution in [3.8, 4) is 11.5 Å². The molecule has 1 aliphatic rings. The van der Waals surface area contributed by atoms with Crippen LogP contribution >= 0.6 is 22.6 Å². The first-order valence-electron chi connectivity index (χ1n) is 13.9. The summed E-state index contributed by atoms with van der Waals surface area (Å²) in [5.74, 6) is 1.88. The van der Waals surface area contributed by atoms with Gasteiger partial charge in [-0.25, -0.2) is 5.73 Å². The van der Waals surface area contributed by atoms with Gasteiger partial charge in [-0.1, -0.05) is 48.5 Å². The molecule has 1 radical (unpaired) electrons. The van der Waals surface area contributed by atoms with Gasteiger partial charge in [-0.3, -0.25) is 9.59 Å². The molecule has 4 aromatic carbocycles. The summed E-state index contributed by atoms with van der Waals surface area (Å²) >= 11 is 2.23. The second kappa shape index (κ2) is 13.8. The van der Waals surface area contributed by atoms with Gasteiger partial charge in [0, 0.05) is 40.4 Å². The van der Waals surface area contributed by atoms with Crippen molar-refractivity contribution in [1.82, 2.24) is 16.0 Å². The van der Waals surface area contributed by atoms with E-state index in [1.54, 1.807) is 12.1 Å². The summed E-state index contributed by atoms with van der Waals surface area (Å²) < 4.78 is 6.88. The molecular formula is C34H33IN3O3. The lowest BCUT2D eigenvalue weighted by atomic mass is 9.87. The summed E-state index contributed by atoms with van der Waals surface area (Å²) in [5, 5.41) is 2.97. The molecule has 1 atom stereocenters. The number of nitrogens with one attached hydrogen (secondary N) is 2. The Morgan fingerprint density at radius 3 is 2.22 bits per heavy atom. The molecule has 2 amide bonds. The maximum atomic E-state index is 12.8. The highest BCUT2D eigenvalue weighted by molar-refractivity contribution is 14.1. The van der Waals surface area contributed by atoms with E-state index < -0.39 is 0 Å². The van der Waals surface area contributed by atoms with Crippen LogP contribution in [0.3, 0.4) is 0 Å². The second-order valence-corrected chi connectivity index (χ2v) is 11.6. The minimum absolute atomic E-state index is 0.0901. The lowest BCUT2D eigenvalue weighted by Gasteiger charge is -2.33. The number of nitrogens with zero attached hydrogens (tertiary/aromatic N) is 1. The number of carbonyl (C=O) groups excluding carboxylic acids is 2. The molecule has 0 aliphatic carbocycles. The molecule has 0 saturated carbocycles. The van der Waals surface area contributed by atoms with E-state index >= 15 is 0 Å². The summed E-state index contributed by atoms with van der Waals surface area (Å²) in [4.78, 5) is 27.5. The molecule has 1 saturated heterocycles. The molecule has 4 aromatic rings. The van der Waals surface area contributed by atoms with Crippen molar-refractivity contribution in [1.29, 1.82) is 0 Å². The number of para-hydroxylation sites is 1. The zero-order valence-corrected chi connectivity index (χ0v) is 24.9. The highest BCUT2D eigenvalue weighted by Crippen LogP contribution is 2.29. The van der Waals surface area contributed by atoms with Gasteiger partial charge in [0.25, 0.3) is 11.8 Å². The van der Waals surface area contributed by atoms with Gasteiger partial charge in [0.15, 0.2) is 0 Å². The van der Waals surface area contributed by atoms with E-state index in [1.807, 2.05) is 95.9 Å². The number of halogens is 1. The molecule has 1 unspecified atom stereocenters. The Kier molecular flexibility index (Phi) is 9.69. The van der Waals surface area contributed by atoms with E-state index in [2.05, 4.69) is 27.9 Å². The molecule has 1 aliphatic heterocycles. The van der Waals surface area contributed by atoms with Gasteiger partial charge in [-0.15, -0.1) is 0 Å². The lowest BCUT2D eigenvalue weighted by Crippen LogP contribution is -2.38. The van der Waals surface area contributed by atoms with E-state index in [9.17, 15) is 9.59 Å². The van der Waals surface area contributed by atoms with Crippen molar-refractivity contribution in [3.05, 3.63) is 129 Å². The van der Waals surface area contributed by atoms with Gasteiger partial charge in [-0.05, 0) is 113 Å². The molecule has 5 rings (SSSR count). The largest absolute Gasteiger partial charge is 0.457 e. The zero-order chi connectivity index (χ0) is 28.6. The number of benzene rings is 4. The maximum Gasteiger partial charge on any atom is 0.253 e. The highest BCUT2D eigenvalue weighted by atomic mass is 127. The predicted molar refractivity (Wildman–Crippen MR) is 169 cm³/mol. The van der Waals surface area contributed by atoms with Crippen molar-refractivity contribution in [2.75, 3.05) is 13.1 Å². The number of likely N-dealkylation sites (tertiary alicyclic amines) is 1. The average Bonchev–Trinajstić information content (AvgIpc) is 3.01. The third-order valence-corrected chi connectivity index (χ3v) is 8.14. The minimum atomic E-state index is -0.355. The molecule has 209 valence electrons. The fourth-order valence-electron chi connectivity index (χ4n) is 5.10. The molecular weight excluding hydrogens is 625 g/mol. The Hall–Kier alpha value is -3.69. The van der Waals surface area contributed by atoms with Crippen LogP contribution in [-0.4, -0.2) is 29.8 Å². The van der Waals surface area contributed by atoms with Gasteiger partial charge in [0.1, 0.15) is 11.5 Å². The van der Waals surface area contributed by atoms with Crippen LogP contribution in [0, 0.1) is 9.49 Å². The molecule has 0 aromatic heterocycles. The Balaban J connectivity index is 1.06. The predicted octanol–water partition coefficient (Wildman–Crippen LogP) is 7.28. The van der Waals surface area contributed by atoms with E-state index in [0.717, 1.165) is 64.1 Å². The third-order valence-electron chi connectivity index (χ3n) is 7.47. The summed E-state index contributed by atoms with van der Waals surface area (Å²) in [6.45, 7) is 1.87. The molecule has 6 nitrogen and oxygen atoms in total. The Morgan fingerprint density at radius 2 is 1.54 bits per heavy atom. The Labute approximate surface area is 255 Å². The summed E-state index contributed by atoms with van der Waals surface area (Å²) in [6, 6.07) is 32.0. The summed E-state index contributed by atoms with van der Waals surface area (Å²) in [7, 11) is 0. The van der Waals surface area contributed by atoms with Crippen LogP contribution in [0.1, 0.15) is 57.1 Å². The number of amides is 2. The van der Waals surface area contributed by atoms with Crippen molar-refractivity contribution in [3.63, 3.8) is 0 Å². The summed E-state index contributed by atoms with van der Waals surface area (Å²) in [5.41, 5.74) is 11.9. The van der Waals surface area contributed by atoms with Gasteiger partial charge in [0.05, 0.1) is 0 Å². The quantitative estimate of drug-likeness (QED) is 0.192. The van der Waals surface area contributed by atoms with Crippen LogP contribution in [0.4, 0.5) is 0 Å². The van der Waals surface area contributed by atoms with E-state index in [4.69, 9.17) is 10.5 Å². The van der Waals surface area contributed by atoms with Crippen molar-refractivity contribution in [2.24, 2.45) is 5.92 Å². The fraction of sp³-hybridized carbons (Fsp3) is 0.235. The number of hydrogen-bond acceptors (Lipinski definition) is 3. The monoisotopic (exact) mass is 658 g/mol. The fourth-order valence-corrected chi connectivity index (χ4v) is 5.64. The summed E-state index contributed by atoms with van der Waals surface area (Å²) in [6.07, 6.45) is 2.57. The number of carbonyl (C=O) groups is 2. The van der Waals surface area contributed by atoms with Gasteiger partial charge < -0.3 is 15.0 Å². The minimum Gasteiger partial charge on any atom is -0.457 e. The van der Waals surface area contributed by atoms with Crippen LogP contribution in [0.2, 0.25) is 0 Å². The van der Waals surface area contributed by atoms with Crippen LogP contribution in [0.15, 0.2) is 103 Å². The first kappa shape index (κ1) is 28.8. The van der Waals surface area contributed by atoms with E-state index in [0.29, 0.717) is 18.0 Å². The van der Waals surface area contributed by atoms with Crippen LogP contribution in [-0.2, 0) is 6.54 Å². The number of hydrogen-bond donors (Lipinski definition) is 1. The molecule has 0 bridgehead atoms. The van der Waals surface area contributed by atoms with Gasteiger partial charge in [0.2, 0.25) is 0 Å². The number of rotatable bonds is 9. The number of ether oxygens (including phenoxy) is 1.